The van der Waals surface area contributed by atoms with Gasteiger partial charge in [0.1, 0.15) is 5.82 Å². The van der Waals surface area contributed by atoms with Gasteiger partial charge in [-0.1, -0.05) is 6.92 Å². The summed E-state index contributed by atoms with van der Waals surface area (Å²) < 4.78 is 0. The predicted molar refractivity (Wildman–Crippen MR) is 65.3 cm³/mol. The van der Waals surface area contributed by atoms with E-state index in [4.69, 9.17) is 0 Å². The highest BCUT2D eigenvalue weighted by atomic mass is 15.2. The first kappa shape index (κ1) is 12.0. The SMILES string of the molecule is CCc1cc(CNC)cc(N(C)CC)n1. The minimum atomic E-state index is 0.903. The van der Waals surface area contributed by atoms with E-state index in [1.54, 1.807) is 0 Å². The topological polar surface area (TPSA) is 28.2 Å². The van der Waals surface area contributed by atoms with Crippen molar-refractivity contribution in [2.45, 2.75) is 26.8 Å². The molecule has 0 unspecified atom stereocenters. The van der Waals surface area contributed by atoms with E-state index in [0.29, 0.717) is 0 Å². The van der Waals surface area contributed by atoms with Crippen LogP contribution in [-0.4, -0.2) is 25.6 Å². The lowest BCUT2D eigenvalue weighted by Crippen LogP contribution is -2.18. The molecule has 0 fully saturated rings. The van der Waals surface area contributed by atoms with Gasteiger partial charge in [0.15, 0.2) is 0 Å². The summed E-state index contributed by atoms with van der Waals surface area (Å²) in [4.78, 5) is 6.77. The monoisotopic (exact) mass is 207 g/mol. The van der Waals surface area contributed by atoms with E-state index in [0.717, 1.165) is 31.0 Å². The van der Waals surface area contributed by atoms with E-state index >= 15 is 0 Å². The summed E-state index contributed by atoms with van der Waals surface area (Å²) in [6, 6.07) is 4.32. The van der Waals surface area contributed by atoms with Gasteiger partial charge in [-0.2, -0.15) is 0 Å². The molecule has 0 aliphatic carbocycles. The number of nitrogens with one attached hydrogen (secondary N) is 1. The van der Waals surface area contributed by atoms with Crippen molar-refractivity contribution >= 4 is 5.82 Å². The van der Waals surface area contributed by atoms with Crippen LogP contribution in [0, 0.1) is 0 Å². The van der Waals surface area contributed by atoms with Gasteiger partial charge in [-0.15, -0.1) is 0 Å². The van der Waals surface area contributed by atoms with E-state index in [9.17, 15) is 0 Å². The van der Waals surface area contributed by atoms with E-state index in [1.165, 1.54) is 5.56 Å². The Morgan fingerprint density at radius 1 is 1.33 bits per heavy atom. The highest BCUT2D eigenvalue weighted by Crippen LogP contribution is 2.14. The molecule has 1 heterocycles. The fraction of sp³-hybridized carbons (Fsp3) is 0.583. The van der Waals surface area contributed by atoms with Gasteiger partial charge >= 0.3 is 0 Å². The third-order valence-electron chi connectivity index (χ3n) is 2.53. The summed E-state index contributed by atoms with van der Waals surface area (Å²) in [5, 5.41) is 3.17. The zero-order valence-corrected chi connectivity index (χ0v) is 10.2. The van der Waals surface area contributed by atoms with Gasteiger partial charge in [0.2, 0.25) is 0 Å². The van der Waals surface area contributed by atoms with Crippen LogP contribution >= 0.6 is 0 Å². The molecule has 0 aliphatic heterocycles. The number of pyridine rings is 1. The second kappa shape index (κ2) is 5.71. The normalized spacial score (nSPS) is 10.4. The summed E-state index contributed by atoms with van der Waals surface area (Å²) in [5.41, 5.74) is 2.47. The molecule has 15 heavy (non-hydrogen) atoms. The molecule has 1 aromatic heterocycles. The maximum absolute atomic E-state index is 4.60. The van der Waals surface area contributed by atoms with E-state index in [2.05, 4.69) is 48.2 Å². The number of aromatic nitrogens is 1. The maximum atomic E-state index is 4.60. The first-order valence-corrected chi connectivity index (χ1v) is 5.56. The Morgan fingerprint density at radius 2 is 2.07 bits per heavy atom. The van der Waals surface area contributed by atoms with Crippen molar-refractivity contribution in [2.75, 3.05) is 25.5 Å². The molecular formula is C12H21N3. The number of hydrogen-bond acceptors (Lipinski definition) is 3. The molecule has 3 heteroatoms. The minimum absolute atomic E-state index is 0.903. The van der Waals surface area contributed by atoms with Gasteiger partial charge < -0.3 is 10.2 Å². The Morgan fingerprint density at radius 3 is 2.60 bits per heavy atom. The first-order chi connectivity index (χ1) is 7.21. The Balaban J connectivity index is 2.99. The Hall–Kier alpha value is -1.09. The molecule has 0 bridgehead atoms. The fourth-order valence-electron chi connectivity index (χ4n) is 1.48. The quantitative estimate of drug-likeness (QED) is 0.798. The predicted octanol–water partition coefficient (Wildman–Crippen LogP) is 1.82. The Kier molecular flexibility index (Phi) is 4.56. The molecule has 0 atom stereocenters. The van der Waals surface area contributed by atoms with Crippen LogP contribution in [0.4, 0.5) is 5.82 Å². The summed E-state index contributed by atoms with van der Waals surface area (Å²) in [6.07, 6.45) is 0.988. The zero-order valence-electron chi connectivity index (χ0n) is 10.2. The number of aryl methyl sites for hydroxylation is 1. The molecule has 0 saturated heterocycles. The molecule has 1 N–H and O–H groups in total. The van der Waals surface area contributed by atoms with Crippen molar-refractivity contribution in [3.05, 3.63) is 23.4 Å². The van der Waals surface area contributed by atoms with Crippen LogP contribution in [0.3, 0.4) is 0 Å². The second-order valence-electron chi connectivity index (χ2n) is 3.72. The summed E-state index contributed by atoms with van der Waals surface area (Å²) in [6.45, 7) is 6.17. The van der Waals surface area contributed by atoms with Crippen molar-refractivity contribution in [2.24, 2.45) is 0 Å². The van der Waals surface area contributed by atoms with Gasteiger partial charge in [0.05, 0.1) is 0 Å². The summed E-state index contributed by atoms with van der Waals surface area (Å²) in [7, 11) is 4.04. The van der Waals surface area contributed by atoms with Crippen LogP contribution in [-0.2, 0) is 13.0 Å². The molecule has 0 aliphatic rings. The van der Waals surface area contributed by atoms with Crippen LogP contribution in [0.25, 0.3) is 0 Å². The summed E-state index contributed by atoms with van der Waals surface area (Å²) >= 11 is 0. The number of nitrogens with zero attached hydrogens (tertiary/aromatic N) is 2. The third-order valence-corrected chi connectivity index (χ3v) is 2.53. The highest BCUT2D eigenvalue weighted by molar-refractivity contribution is 5.41. The molecule has 0 saturated carbocycles. The van der Waals surface area contributed by atoms with Crippen LogP contribution < -0.4 is 10.2 Å². The average molecular weight is 207 g/mol. The van der Waals surface area contributed by atoms with Gasteiger partial charge in [-0.25, -0.2) is 4.98 Å². The Bertz CT molecular complexity index is 310. The average Bonchev–Trinajstić information content (AvgIpc) is 2.28. The smallest absolute Gasteiger partial charge is 0.128 e. The van der Waals surface area contributed by atoms with Crippen LogP contribution in [0.1, 0.15) is 25.1 Å². The zero-order chi connectivity index (χ0) is 11.3. The molecule has 3 nitrogen and oxygen atoms in total. The molecule has 1 aromatic rings. The number of rotatable bonds is 5. The lowest BCUT2D eigenvalue weighted by atomic mass is 10.2. The van der Waals surface area contributed by atoms with Crippen LogP contribution in [0.5, 0.6) is 0 Å². The van der Waals surface area contributed by atoms with Gasteiger partial charge in [-0.05, 0) is 38.1 Å². The third kappa shape index (κ3) is 3.20. The van der Waals surface area contributed by atoms with Gasteiger partial charge in [0, 0.05) is 25.8 Å². The van der Waals surface area contributed by atoms with E-state index < -0.39 is 0 Å². The van der Waals surface area contributed by atoms with Crippen molar-refractivity contribution in [1.29, 1.82) is 0 Å². The first-order valence-electron chi connectivity index (χ1n) is 5.56. The largest absolute Gasteiger partial charge is 0.360 e. The second-order valence-corrected chi connectivity index (χ2v) is 3.72. The Labute approximate surface area is 92.5 Å². The molecule has 0 spiro atoms. The molecule has 0 radical (unpaired) electrons. The molecule has 1 rings (SSSR count). The standard InChI is InChI=1S/C12H21N3/c1-5-11-7-10(9-13-3)8-12(14-11)15(4)6-2/h7-8,13H,5-6,9H2,1-4H3. The van der Waals surface area contributed by atoms with Crippen LogP contribution in [0.15, 0.2) is 12.1 Å². The molecule has 0 aromatic carbocycles. The maximum Gasteiger partial charge on any atom is 0.128 e. The molecule has 0 amide bonds. The number of hydrogen-bond donors (Lipinski definition) is 1. The molecule has 84 valence electrons. The van der Waals surface area contributed by atoms with E-state index in [-0.39, 0.29) is 0 Å². The van der Waals surface area contributed by atoms with Crippen molar-refractivity contribution < 1.29 is 0 Å². The summed E-state index contributed by atoms with van der Waals surface area (Å²) in [5.74, 6) is 1.07. The lowest BCUT2D eigenvalue weighted by molar-refractivity contribution is 0.807. The highest BCUT2D eigenvalue weighted by Gasteiger charge is 2.04. The van der Waals surface area contributed by atoms with E-state index in [1.807, 2.05) is 7.05 Å². The fourth-order valence-corrected chi connectivity index (χ4v) is 1.48. The lowest BCUT2D eigenvalue weighted by Gasteiger charge is -2.17. The minimum Gasteiger partial charge on any atom is -0.360 e. The van der Waals surface area contributed by atoms with Crippen molar-refractivity contribution in [3.63, 3.8) is 0 Å². The van der Waals surface area contributed by atoms with Crippen LogP contribution in [0.2, 0.25) is 0 Å². The molecular weight excluding hydrogens is 186 g/mol. The number of anilines is 1. The van der Waals surface area contributed by atoms with Gasteiger partial charge in [0.25, 0.3) is 0 Å². The van der Waals surface area contributed by atoms with Crippen molar-refractivity contribution in [1.82, 2.24) is 10.3 Å². The van der Waals surface area contributed by atoms with Crippen molar-refractivity contribution in [3.8, 4) is 0 Å². The van der Waals surface area contributed by atoms with Gasteiger partial charge in [-0.3, -0.25) is 0 Å².